The first-order valence-corrected chi connectivity index (χ1v) is 11.2. The van der Waals surface area contributed by atoms with Crippen LogP contribution in [0.4, 0.5) is 0 Å². The number of rotatable bonds is 16. The minimum absolute atomic E-state index is 0.0771. The number of hydrogen-bond donors (Lipinski definition) is 3. The van der Waals surface area contributed by atoms with E-state index in [1.807, 2.05) is 6.92 Å². The van der Waals surface area contributed by atoms with E-state index in [1.165, 1.54) is 0 Å². The largest absolute Gasteiger partial charge is 0.465 e. The lowest BCUT2D eigenvalue weighted by Gasteiger charge is -2.31. The molecule has 0 bridgehead atoms. The quantitative estimate of drug-likeness (QED) is 0.179. The van der Waals surface area contributed by atoms with Crippen molar-refractivity contribution < 1.29 is 38.1 Å². The van der Waals surface area contributed by atoms with Crippen LogP contribution in [0.15, 0.2) is 0 Å². The van der Waals surface area contributed by atoms with Gasteiger partial charge in [0.15, 0.2) is 0 Å². The van der Waals surface area contributed by atoms with Gasteiger partial charge in [0.2, 0.25) is 0 Å². The molecule has 0 aliphatic rings. The van der Waals surface area contributed by atoms with Crippen molar-refractivity contribution in [2.75, 3.05) is 43.7 Å². The predicted molar refractivity (Wildman–Crippen MR) is 117 cm³/mol. The normalized spacial score (nSPS) is 10.9. The van der Waals surface area contributed by atoms with Crippen molar-refractivity contribution in [3.8, 4) is 0 Å². The van der Waals surface area contributed by atoms with Gasteiger partial charge >= 0.3 is 23.9 Å². The predicted octanol–water partition coefficient (Wildman–Crippen LogP) is 1.91. The van der Waals surface area contributed by atoms with Gasteiger partial charge in [-0.25, -0.2) is 0 Å². The van der Waals surface area contributed by atoms with Crippen LogP contribution in [0.5, 0.6) is 0 Å². The minimum Gasteiger partial charge on any atom is -0.465 e. The highest BCUT2D eigenvalue weighted by molar-refractivity contribution is 7.80. The molecule has 0 fully saturated rings. The molecule has 168 valence electrons. The average molecular weight is 471 g/mol. The van der Waals surface area contributed by atoms with E-state index in [2.05, 4.69) is 37.9 Å². The van der Waals surface area contributed by atoms with Crippen LogP contribution in [0.2, 0.25) is 0 Å². The van der Waals surface area contributed by atoms with Crippen LogP contribution in [0.25, 0.3) is 0 Å². The summed E-state index contributed by atoms with van der Waals surface area (Å²) in [7, 11) is 0. The SMILES string of the molecule is CCCC(=O)OCC(COC(=O)CCS)(COC(=O)CCS)COC(=O)CCS. The molecule has 0 aliphatic heterocycles. The molecule has 0 aromatic heterocycles. The number of carbonyl (C=O) groups excluding carboxylic acids is 4. The van der Waals surface area contributed by atoms with Gasteiger partial charge in [0, 0.05) is 23.7 Å². The van der Waals surface area contributed by atoms with Crippen molar-refractivity contribution in [2.24, 2.45) is 5.41 Å². The molecule has 0 saturated carbocycles. The monoisotopic (exact) mass is 470 g/mol. The molecule has 11 heteroatoms. The van der Waals surface area contributed by atoms with E-state index in [4.69, 9.17) is 18.9 Å². The maximum Gasteiger partial charge on any atom is 0.306 e. The molecule has 8 nitrogen and oxygen atoms in total. The fourth-order valence-corrected chi connectivity index (χ4v) is 2.50. The Kier molecular flexibility index (Phi) is 16.1. The summed E-state index contributed by atoms with van der Waals surface area (Å²) in [6.45, 7) is 0.790. The van der Waals surface area contributed by atoms with E-state index in [9.17, 15) is 19.2 Å². The second-order valence-corrected chi connectivity index (χ2v) is 7.66. The van der Waals surface area contributed by atoms with E-state index < -0.39 is 29.3 Å². The van der Waals surface area contributed by atoms with Gasteiger partial charge in [-0.15, -0.1) is 0 Å². The highest BCUT2D eigenvalue weighted by Crippen LogP contribution is 2.22. The van der Waals surface area contributed by atoms with E-state index in [0.717, 1.165) is 0 Å². The van der Waals surface area contributed by atoms with Gasteiger partial charge in [-0.05, 0) is 6.42 Å². The number of ether oxygens (including phenoxy) is 4. The summed E-state index contributed by atoms with van der Waals surface area (Å²) in [5.74, 6) is -1.13. The Bertz CT molecular complexity index is 434. The lowest BCUT2D eigenvalue weighted by molar-refractivity contribution is -0.170. The van der Waals surface area contributed by atoms with Crippen LogP contribution in [0.3, 0.4) is 0 Å². The van der Waals surface area contributed by atoms with Crippen molar-refractivity contribution >= 4 is 61.8 Å². The third-order valence-electron chi connectivity index (χ3n) is 3.56. The van der Waals surface area contributed by atoms with Crippen molar-refractivity contribution in [3.63, 3.8) is 0 Å². The third kappa shape index (κ3) is 13.7. The Morgan fingerprint density at radius 2 is 0.862 bits per heavy atom. The summed E-state index contributed by atoms with van der Waals surface area (Å²) in [6, 6.07) is 0. The van der Waals surface area contributed by atoms with E-state index >= 15 is 0 Å². The molecule has 0 aromatic rings. The minimum atomic E-state index is -1.23. The molecule has 0 spiro atoms. The second kappa shape index (κ2) is 16.7. The van der Waals surface area contributed by atoms with Crippen LogP contribution in [-0.2, 0) is 38.1 Å². The molecular weight excluding hydrogens is 440 g/mol. The highest BCUT2D eigenvalue weighted by Gasteiger charge is 2.37. The summed E-state index contributed by atoms with van der Waals surface area (Å²) in [4.78, 5) is 47.2. The van der Waals surface area contributed by atoms with Gasteiger partial charge in [-0.2, -0.15) is 37.9 Å². The molecule has 0 rings (SSSR count). The topological polar surface area (TPSA) is 105 Å². The standard InChI is InChI=1S/C18H30O8S3/c1-2-3-14(19)23-10-18(11-24-15(20)4-7-27,12-25-16(21)5-8-28)13-26-17(22)6-9-29/h27-29H,2-13H2,1H3. The maximum absolute atomic E-state index is 11.8. The molecule has 0 saturated heterocycles. The maximum atomic E-state index is 11.8. The molecule has 0 aromatic carbocycles. The second-order valence-electron chi connectivity index (χ2n) is 6.31. The summed E-state index contributed by atoms with van der Waals surface area (Å²) >= 11 is 11.9. The number of esters is 4. The summed E-state index contributed by atoms with van der Waals surface area (Å²) < 4.78 is 21.0. The van der Waals surface area contributed by atoms with Crippen LogP contribution >= 0.6 is 37.9 Å². The smallest absolute Gasteiger partial charge is 0.306 e. The Labute approximate surface area is 188 Å². The van der Waals surface area contributed by atoms with Crippen LogP contribution in [0, 0.1) is 5.41 Å². The molecule has 29 heavy (non-hydrogen) atoms. The van der Waals surface area contributed by atoms with Gasteiger partial charge in [-0.1, -0.05) is 6.92 Å². The fourth-order valence-electron chi connectivity index (χ4n) is 1.95. The number of hydrogen-bond acceptors (Lipinski definition) is 11. The van der Waals surface area contributed by atoms with Gasteiger partial charge in [0.25, 0.3) is 0 Å². The first-order valence-electron chi connectivity index (χ1n) is 9.27. The zero-order valence-electron chi connectivity index (χ0n) is 16.6. The van der Waals surface area contributed by atoms with Crippen LogP contribution in [0.1, 0.15) is 39.0 Å². The first kappa shape index (κ1) is 27.9. The van der Waals surface area contributed by atoms with E-state index in [-0.39, 0.29) is 52.1 Å². The Morgan fingerprint density at radius 3 is 1.10 bits per heavy atom. The summed E-state index contributed by atoms with van der Waals surface area (Å²) in [6.07, 6.45) is 1.03. The lowest BCUT2D eigenvalue weighted by Crippen LogP contribution is -2.44. The van der Waals surface area contributed by atoms with Crippen molar-refractivity contribution in [1.82, 2.24) is 0 Å². The molecule has 0 amide bonds. The molecule has 0 atom stereocenters. The molecule has 0 N–H and O–H groups in total. The Morgan fingerprint density at radius 1 is 0.586 bits per heavy atom. The third-order valence-corrected chi connectivity index (χ3v) is 4.23. The van der Waals surface area contributed by atoms with Crippen LogP contribution in [-0.4, -0.2) is 67.6 Å². The number of carbonyl (C=O) groups is 4. The molecule has 0 unspecified atom stereocenters. The first-order chi connectivity index (χ1) is 13.8. The summed E-state index contributed by atoms with van der Waals surface area (Å²) in [5, 5.41) is 0. The summed E-state index contributed by atoms with van der Waals surface area (Å²) in [5.41, 5.74) is -1.23. The van der Waals surface area contributed by atoms with Gasteiger partial charge in [0.05, 0.1) is 19.3 Å². The molecule has 0 radical (unpaired) electrons. The zero-order valence-corrected chi connectivity index (χ0v) is 19.3. The molecular formula is C18H30O8S3. The fraction of sp³-hybridized carbons (Fsp3) is 0.778. The Balaban J connectivity index is 5.35. The van der Waals surface area contributed by atoms with Crippen LogP contribution < -0.4 is 0 Å². The van der Waals surface area contributed by atoms with Gasteiger partial charge in [-0.3, -0.25) is 19.2 Å². The average Bonchev–Trinajstić information content (AvgIpc) is 2.68. The molecule has 0 heterocycles. The lowest BCUT2D eigenvalue weighted by atomic mass is 9.92. The zero-order chi connectivity index (χ0) is 22.1. The Hall–Kier alpha value is -1.07. The van der Waals surface area contributed by atoms with Crippen molar-refractivity contribution in [1.29, 1.82) is 0 Å². The van der Waals surface area contributed by atoms with E-state index in [1.54, 1.807) is 0 Å². The highest BCUT2D eigenvalue weighted by atomic mass is 32.1. The number of thiol groups is 3. The van der Waals surface area contributed by atoms with Crippen molar-refractivity contribution in [2.45, 2.75) is 39.0 Å². The van der Waals surface area contributed by atoms with Crippen molar-refractivity contribution in [3.05, 3.63) is 0 Å². The van der Waals surface area contributed by atoms with Gasteiger partial charge in [0.1, 0.15) is 31.8 Å². The molecule has 0 aliphatic carbocycles. The van der Waals surface area contributed by atoms with Gasteiger partial charge < -0.3 is 18.9 Å². The van der Waals surface area contributed by atoms with E-state index in [0.29, 0.717) is 23.7 Å².